The van der Waals surface area contributed by atoms with E-state index in [0.29, 0.717) is 12.4 Å². The number of hydrogen-bond donors (Lipinski definition) is 2. The molecule has 0 saturated heterocycles. The lowest BCUT2D eigenvalue weighted by molar-refractivity contribution is -0.143. The van der Waals surface area contributed by atoms with E-state index in [1.807, 2.05) is 6.92 Å². The van der Waals surface area contributed by atoms with Crippen molar-refractivity contribution in [2.45, 2.75) is 26.3 Å². The first-order chi connectivity index (χ1) is 9.45. The zero-order valence-electron chi connectivity index (χ0n) is 11.9. The second-order valence-electron chi connectivity index (χ2n) is 4.67. The van der Waals surface area contributed by atoms with Gasteiger partial charge in [-0.25, -0.2) is 14.8 Å². The molecule has 0 aliphatic heterocycles. The Kier molecular flexibility index (Phi) is 5.89. The molecule has 1 amide bonds. The first-order valence-corrected chi connectivity index (χ1v) is 6.46. The normalized spacial score (nSPS) is 13.3. The zero-order valence-corrected chi connectivity index (χ0v) is 11.9. The minimum absolute atomic E-state index is 0.00419. The van der Waals surface area contributed by atoms with Gasteiger partial charge in [-0.15, -0.1) is 0 Å². The Morgan fingerprint density at radius 3 is 2.50 bits per heavy atom. The maximum Gasteiger partial charge on any atom is 0.326 e. The number of likely N-dealkylation sites (N-methyl/N-ethyl adjacent to an activating group) is 1. The molecule has 2 N–H and O–H groups in total. The number of rotatable bonds is 7. The topological polar surface area (TPSA) is 95.4 Å². The highest BCUT2D eigenvalue weighted by Gasteiger charge is 2.25. The van der Waals surface area contributed by atoms with Gasteiger partial charge in [0.2, 0.25) is 11.9 Å². The molecule has 1 rings (SSSR count). The number of hydrogen-bond acceptors (Lipinski definition) is 5. The van der Waals surface area contributed by atoms with Gasteiger partial charge in [0.25, 0.3) is 0 Å². The molecule has 0 saturated carbocycles. The van der Waals surface area contributed by atoms with Crippen molar-refractivity contribution in [3.05, 3.63) is 18.5 Å². The lowest BCUT2D eigenvalue weighted by atomic mass is 9.99. The molecule has 1 aromatic heterocycles. The number of aliphatic carboxylic acids is 1. The highest BCUT2D eigenvalue weighted by atomic mass is 16.4. The molecular weight excluding hydrogens is 260 g/mol. The smallest absolute Gasteiger partial charge is 0.326 e. The van der Waals surface area contributed by atoms with Crippen LogP contribution in [-0.2, 0) is 9.59 Å². The Morgan fingerprint density at radius 1 is 1.40 bits per heavy atom. The van der Waals surface area contributed by atoms with E-state index in [1.165, 1.54) is 0 Å². The molecule has 0 radical (unpaired) electrons. The standard InChI is InChI=1S/C13H20N4O3/c1-4-9(2)11(12(19)20)16-10(18)8-17(3)13-14-6-5-7-15-13/h5-7,9,11H,4,8H2,1-3H3,(H,16,18)(H,19,20)/t9-,11-/m0/s1. The first-order valence-electron chi connectivity index (χ1n) is 6.46. The highest BCUT2D eigenvalue weighted by molar-refractivity contribution is 5.86. The van der Waals surface area contributed by atoms with E-state index < -0.39 is 12.0 Å². The number of nitrogens with one attached hydrogen (secondary N) is 1. The van der Waals surface area contributed by atoms with Gasteiger partial charge in [-0.1, -0.05) is 20.3 Å². The highest BCUT2D eigenvalue weighted by Crippen LogP contribution is 2.08. The van der Waals surface area contributed by atoms with E-state index in [9.17, 15) is 9.59 Å². The fourth-order valence-electron chi connectivity index (χ4n) is 1.68. The average Bonchev–Trinajstić information content (AvgIpc) is 2.44. The number of aromatic nitrogens is 2. The third kappa shape index (κ3) is 4.49. The molecule has 1 heterocycles. The number of nitrogens with zero attached hydrogens (tertiary/aromatic N) is 3. The number of carboxylic acid groups (broad SMARTS) is 1. The van der Waals surface area contributed by atoms with Gasteiger partial charge in [-0.05, 0) is 12.0 Å². The Labute approximate surface area is 118 Å². The second kappa shape index (κ2) is 7.42. The van der Waals surface area contributed by atoms with Crippen molar-refractivity contribution in [2.24, 2.45) is 5.92 Å². The summed E-state index contributed by atoms with van der Waals surface area (Å²) in [6.45, 7) is 3.68. The van der Waals surface area contributed by atoms with Crippen LogP contribution in [0.15, 0.2) is 18.5 Å². The van der Waals surface area contributed by atoms with Crippen LogP contribution >= 0.6 is 0 Å². The fourth-order valence-corrected chi connectivity index (χ4v) is 1.68. The molecule has 0 aromatic carbocycles. The summed E-state index contributed by atoms with van der Waals surface area (Å²) in [5.74, 6) is -1.10. The van der Waals surface area contributed by atoms with Gasteiger partial charge in [0.05, 0.1) is 6.54 Å². The minimum Gasteiger partial charge on any atom is -0.480 e. The van der Waals surface area contributed by atoms with Crippen LogP contribution in [0.2, 0.25) is 0 Å². The quantitative estimate of drug-likeness (QED) is 0.756. The van der Waals surface area contributed by atoms with Gasteiger partial charge in [-0.3, -0.25) is 4.79 Å². The summed E-state index contributed by atoms with van der Waals surface area (Å²) >= 11 is 0. The lowest BCUT2D eigenvalue weighted by Gasteiger charge is -2.22. The molecule has 0 fully saturated rings. The van der Waals surface area contributed by atoms with E-state index in [0.717, 1.165) is 0 Å². The summed E-state index contributed by atoms with van der Waals surface area (Å²) < 4.78 is 0. The first kappa shape index (κ1) is 15.9. The van der Waals surface area contributed by atoms with Gasteiger partial charge in [0.15, 0.2) is 0 Å². The van der Waals surface area contributed by atoms with Crippen LogP contribution in [0.5, 0.6) is 0 Å². The molecule has 20 heavy (non-hydrogen) atoms. The van der Waals surface area contributed by atoms with Crippen LogP contribution < -0.4 is 10.2 Å². The van der Waals surface area contributed by atoms with Crippen LogP contribution in [0.3, 0.4) is 0 Å². The molecule has 0 aliphatic carbocycles. The van der Waals surface area contributed by atoms with Crippen LogP contribution in [0, 0.1) is 5.92 Å². The molecule has 0 aliphatic rings. The molecule has 0 spiro atoms. The second-order valence-corrected chi connectivity index (χ2v) is 4.67. The van der Waals surface area contributed by atoms with Crippen molar-refractivity contribution < 1.29 is 14.7 Å². The van der Waals surface area contributed by atoms with Crippen molar-refractivity contribution in [1.82, 2.24) is 15.3 Å². The molecule has 2 atom stereocenters. The monoisotopic (exact) mass is 280 g/mol. The Bertz CT molecular complexity index is 452. The van der Waals surface area contributed by atoms with Crippen molar-refractivity contribution in [1.29, 1.82) is 0 Å². The number of amides is 1. The number of anilines is 1. The number of carbonyl (C=O) groups is 2. The SMILES string of the molecule is CC[C@H](C)[C@H](NC(=O)CN(C)c1ncccn1)C(=O)O. The van der Waals surface area contributed by atoms with E-state index in [1.54, 1.807) is 37.3 Å². The van der Waals surface area contributed by atoms with Crippen molar-refractivity contribution in [3.8, 4) is 0 Å². The minimum atomic E-state index is -1.02. The molecular formula is C13H20N4O3. The lowest BCUT2D eigenvalue weighted by Crippen LogP contribution is -2.48. The van der Waals surface area contributed by atoms with Crippen LogP contribution in [-0.4, -0.2) is 46.6 Å². The van der Waals surface area contributed by atoms with Crippen LogP contribution in [0.4, 0.5) is 5.95 Å². The summed E-state index contributed by atoms with van der Waals surface area (Å²) in [7, 11) is 1.67. The van der Waals surface area contributed by atoms with Crippen molar-refractivity contribution in [3.63, 3.8) is 0 Å². The molecule has 1 aromatic rings. The average molecular weight is 280 g/mol. The van der Waals surface area contributed by atoms with Crippen LogP contribution in [0.1, 0.15) is 20.3 Å². The van der Waals surface area contributed by atoms with E-state index in [4.69, 9.17) is 5.11 Å². The van der Waals surface area contributed by atoms with Crippen molar-refractivity contribution in [2.75, 3.05) is 18.5 Å². The molecule has 7 nitrogen and oxygen atoms in total. The van der Waals surface area contributed by atoms with Gasteiger partial charge < -0.3 is 15.3 Å². The maximum atomic E-state index is 11.9. The third-order valence-corrected chi connectivity index (χ3v) is 3.07. The largest absolute Gasteiger partial charge is 0.480 e. The molecule has 0 unspecified atom stereocenters. The third-order valence-electron chi connectivity index (χ3n) is 3.07. The van der Waals surface area contributed by atoms with E-state index in [2.05, 4.69) is 15.3 Å². The Morgan fingerprint density at radius 2 is 2.00 bits per heavy atom. The molecule has 0 bridgehead atoms. The number of carboxylic acids is 1. The predicted octanol–water partition coefficient (Wildman–Crippen LogP) is 0.528. The van der Waals surface area contributed by atoms with E-state index in [-0.39, 0.29) is 18.4 Å². The van der Waals surface area contributed by atoms with E-state index >= 15 is 0 Å². The summed E-state index contributed by atoms with van der Waals surface area (Å²) in [5.41, 5.74) is 0. The summed E-state index contributed by atoms with van der Waals surface area (Å²) in [6.07, 6.45) is 3.83. The van der Waals surface area contributed by atoms with Gasteiger partial charge >= 0.3 is 5.97 Å². The predicted molar refractivity (Wildman–Crippen MR) is 74.3 cm³/mol. The summed E-state index contributed by atoms with van der Waals surface area (Å²) in [5, 5.41) is 11.7. The zero-order chi connectivity index (χ0) is 15.1. The van der Waals surface area contributed by atoms with Gasteiger partial charge in [0, 0.05) is 19.4 Å². The number of carbonyl (C=O) groups excluding carboxylic acids is 1. The Hall–Kier alpha value is -2.18. The van der Waals surface area contributed by atoms with Crippen molar-refractivity contribution >= 4 is 17.8 Å². The van der Waals surface area contributed by atoms with Crippen LogP contribution in [0.25, 0.3) is 0 Å². The van der Waals surface area contributed by atoms with Gasteiger partial charge in [0.1, 0.15) is 6.04 Å². The Balaban J connectivity index is 2.60. The molecule has 7 heteroatoms. The van der Waals surface area contributed by atoms with Gasteiger partial charge in [-0.2, -0.15) is 0 Å². The molecule has 110 valence electrons. The maximum absolute atomic E-state index is 11.9. The summed E-state index contributed by atoms with van der Waals surface area (Å²) in [4.78, 5) is 32.6. The fraction of sp³-hybridized carbons (Fsp3) is 0.538. The summed E-state index contributed by atoms with van der Waals surface area (Å²) in [6, 6.07) is 0.804.